The molecule has 8 heteroatoms. The highest BCUT2D eigenvalue weighted by Crippen LogP contribution is 2.17. The normalized spacial score (nSPS) is 16.9. The number of rotatable bonds is 5. The van der Waals surface area contributed by atoms with E-state index in [9.17, 15) is 9.59 Å². The van der Waals surface area contributed by atoms with Crippen LogP contribution in [-0.4, -0.2) is 32.0 Å². The van der Waals surface area contributed by atoms with Crippen LogP contribution in [0.5, 0.6) is 0 Å². The molecule has 0 bridgehead atoms. The summed E-state index contributed by atoms with van der Waals surface area (Å²) in [6, 6.07) is 0. The molecule has 0 saturated heterocycles. The number of aromatic nitrogens is 4. The van der Waals surface area contributed by atoms with Crippen molar-refractivity contribution in [2.24, 2.45) is 13.0 Å². The van der Waals surface area contributed by atoms with Gasteiger partial charge in [0.2, 0.25) is 5.91 Å². The lowest BCUT2D eigenvalue weighted by molar-refractivity contribution is -0.125. The van der Waals surface area contributed by atoms with Crippen molar-refractivity contribution < 1.29 is 9.32 Å². The van der Waals surface area contributed by atoms with Gasteiger partial charge in [-0.1, -0.05) is 5.16 Å². The quantitative estimate of drug-likeness (QED) is 0.804. The van der Waals surface area contributed by atoms with Crippen molar-refractivity contribution in [1.82, 2.24) is 24.8 Å². The number of carbonyl (C=O) groups is 1. The molecule has 0 unspecified atom stereocenters. The van der Waals surface area contributed by atoms with Crippen LogP contribution in [0.2, 0.25) is 0 Å². The van der Waals surface area contributed by atoms with E-state index in [1.54, 1.807) is 11.6 Å². The lowest BCUT2D eigenvalue weighted by Crippen LogP contribution is -2.39. The minimum Gasteiger partial charge on any atom is -0.361 e. The molecular weight excluding hydrogens is 310 g/mol. The predicted octanol–water partition coefficient (Wildman–Crippen LogP) is 0.498. The fraction of sp³-hybridized carbons (Fsp3) is 0.625. The van der Waals surface area contributed by atoms with Crippen molar-refractivity contribution in [1.29, 1.82) is 0 Å². The van der Waals surface area contributed by atoms with Gasteiger partial charge in [-0.25, -0.2) is 9.48 Å². The number of aryl methyl sites for hydroxylation is 4. The van der Waals surface area contributed by atoms with Gasteiger partial charge in [-0.15, -0.1) is 0 Å². The van der Waals surface area contributed by atoms with Gasteiger partial charge in [0.25, 0.3) is 0 Å². The van der Waals surface area contributed by atoms with E-state index < -0.39 is 0 Å². The molecule has 1 aliphatic rings. The van der Waals surface area contributed by atoms with Gasteiger partial charge in [-0.2, -0.15) is 5.10 Å². The summed E-state index contributed by atoms with van der Waals surface area (Å²) in [6.45, 7) is 4.85. The summed E-state index contributed by atoms with van der Waals surface area (Å²) >= 11 is 0. The summed E-state index contributed by atoms with van der Waals surface area (Å²) in [6.07, 6.45) is 3.05. The number of carbonyl (C=O) groups excluding carboxylic acids is 1. The Morgan fingerprint density at radius 2 is 2.21 bits per heavy atom. The highest BCUT2D eigenvalue weighted by molar-refractivity contribution is 5.78. The summed E-state index contributed by atoms with van der Waals surface area (Å²) < 4.78 is 8.08. The van der Waals surface area contributed by atoms with E-state index in [0.717, 1.165) is 42.1 Å². The molecule has 0 aromatic carbocycles. The van der Waals surface area contributed by atoms with E-state index in [-0.39, 0.29) is 17.5 Å². The second-order valence-electron chi connectivity index (χ2n) is 6.37. The van der Waals surface area contributed by atoms with Crippen LogP contribution in [-0.2, 0) is 31.2 Å². The number of hydrogen-bond donors (Lipinski definition) is 1. The van der Waals surface area contributed by atoms with E-state index in [0.29, 0.717) is 19.5 Å². The van der Waals surface area contributed by atoms with Gasteiger partial charge in [0, 0.05) is 32.1 Å². The Bertz CT molecular complexity index is 782. The van der Waals surface area contributed by atoms with Crippen LogP contribution in [0.4, 0.5) is 0 Å². The number of fused-ring (bicyclic) bond motifs is 1. The topological polar surface area (TPSA) is 95.0 Å². The van der Waals surface area contributed by atoms with Crippen LogP contribution in [0.15, 0.2) is 9.32 Å². The third-order valence-corrected chi connectivity index (χ3v) is 4.66. The summed E-state index contributed by atoms with van der Waals surface area (Å²) in [5.41, 5.74) is 1.88. The molecule has 2 aromatic heterocycles. The van der Waals surface area contributed by atoms with Crippen LogP contribution in [0.25, 0.3) is 0 Å². The van der Waals surface area contributed by atoms with Crippen molar-refractivity contribution in [3.8, 4) is 0 Å². The molecule has 1 atom stereocenters. The van der Waals surface area contributed by atoms with Crippen molar-refractivity contribution in [2.75, 3.05) is 6.54 Å². The van der Waals surface area contributed by atoms with Crippen LogP contribution in [0.3, 0.4) is 0 Å². The summed E-state index contributed by atoms with van der Waals surface area (Å²) in [4.78, 5) is 24.3. The molecule has 130 valence electrons. The first-order valence-electron chi connectivity index (χ1n) is 8.29. The van der Waals surface area contributed by atoms with E-state index in [1.165, 1.54) is 4.68 Å². The van der Waals surface area contributed by atoms with Gasteiger partial charge in [-0.3, -0.25) is 9.36 Å². The third kappa shape index (κ3) is 3.13. The highest BCUT2D eigenvalue weighted by atomic mass is 16.5. The average molecular weight is 333 g/mol. The molecule has 1 aliphatic heterocycles. The fourth-order valence-electron chi connectivity index (χ4n) is 3.23. The molecular formula is C16H23N5O3. The Morgan fingerprint density at radius 3 is 2.92 bits per heavy atom. The first-order chi connectivity index (χ1) is 11.5. The molecule has 3 rings (SSSR count). The average Bonchev–Trinajstić information content (AvgIpc) is 3.04. The molecule has 0 spiro atoms. The molecule has 2 aromatic rings. The van der Waals surface area contributed by atoms with Gasteiger partial charge < -0.3 is 9.84 Å². The van der Waals surface area contributed by atoms with Crippen LogP contribution in [0, 0.1) is 19.8 Å². The Hall–Kier alpha value is -2.38. The van der Waals surface area contributed by atoms with Crippen molar-refractivity contribution >= 4 is 5.91 Å². The zero-order chi connectivity index (χ0) is 17.3. The van der Waals surface area contributed by atoms with Crippen LogP contribution < -0.4 is 11.0 Å². The molecule has 1 N–H and O–H groups in total. The summed E-state index contributed by atoms with van der Waals surface area (Å²) in [7, 11) is 1.64. The SMILES string of the molecule is Cc1noc(C)c1CCCNC(=O)[C@H]1CCc2nn(C)c(=O)n2C1. The van der Waals surface area contributed by atoms with Crippen molar-refractivity contribution in [3.05, 3.63) is 33.3 Å². The van der Waals surface area contributed by atoms with E-state index in [4.69, 9.17) is 4.52 Å². The number of nitrogens with zero attached hydrogens (tertiary/aromatic N) is 4. The predicted molar refractivity (Wildman–Crippen MR) is 86.6 cm³/mol. The second kappa shape index (κ2) is 6.62. The Balaban J connectivity index is 1.49. The zero-order valence-electron chi connectivity index (χ0n) is 14.3. The van der Waals surface area contributed by atoms with Gasteiger partial charge in [0.05, 0.1) is 11.6 Å². The lowest BCUT2D eigenvalue weighted by atomic mass is 9.98. The maximum Gasteiger partial charge on any atom is 0.345 e. The van der Waals surface area contributed by atoms with E-state index in [2.05, 4.69) is 15.6 Å². The zero-order valence-corrected chi connectivity index (χ0v) is 14.3. The van der Waals surface area contributed by atoms with Crippen molar-refractivity contribution in [2.45, 2.75) is 46.1 Å². The molecule has 0 fully saturated rings. The smallest absolute Gasteiger partial charge is 0.345 e. The van der Waals surface area contributed by atoms with Gasteiger partial charge in [0.1, 0.15) is 11.6 Å². The molecule has 0 radical (unpaired) electrons. The minimum atomic E-state index is -0.168. The van der Waals surface area contributed by atoms with Crippen molar-refractivity contribution in [3.63, 3.8) is 0 Å². The van der Waals surface area contributed by atoms with Gasteiger partial charge in [0.15, 0.2) is 0 Å². The Kier molecular flexibility index (Phi) is 4.55. The molecule has 0 saturated carbocycles. The lowest BCUT2D eigenvalue weighted by Gasteiger charge is -2.21. The fourth-order valence-corrected chi connectivity index (χ4v) is 3.23. The largest absolute Gasteiger partial charge is 0.361 e. The van der Waals surface area contributed by atoms with Gasteiger partial charge >= 0.3 is 5.69 Å². The van der Waals surface area contributed by atoms with E-state index >= 15 is 0 Å². The molecule has 0 aliphatic carbocycles. The summed E-state index contributed by atoms with van der Waals surface area (Å²) in [5, 5.41) is 11.1. The number of hydrogen-bond acceptors (Lipinski definition) is 5. The second-order valence-corrected chi connectivity index (χ2v) is 6.37. The number of amides is 1. The maximum atomic E-state index is 12.3. The highest BCUT2D eigenvalue weighted by Gasteiger charge is 2.27. The Morgan fingerprint density at radius 1 is 1.42 bits per heavy atom. The first kappa shape index (κ1) is 16.5. The van der Waals surface area contributed by atoms with Gasteiger partial charge in [-0.05, 0) is 33.1 Å². The standard InChI is InChI=1S/C16H23N5O3/c1-10-13(11(2)24-19-10)5-4-8-17-15(22)12-6-7-14-18-20(3)16(23)21(14)9-12/h12H,4-9H2,1-3H3,(H,17,22)/t12-/m0/s1. The molecule has 3 heterocycles. The number of nitrogens with one attached hydrogen (secondary N) is 1. The summed E-state index contributed by atoms with van der Waals surface area (Å²) in [5.74, 6) is 1.45. The Labute approximate surface area is 139 Å². The van der Waals surface area contributed by atoms with E-state index in [1.807, 2.05) is 13.8 Å². The maximum absolute atomic E-state index is 12.3. The third-order valence-electron chi connectivity index (χ3n) is 4.66. The molecule has 1 amide bonds. The van der Waals surface area contributed by atoms with Crippen LogP contribution in [0.1, 0.15) is 35.7 Å². The minimum absolute atomic E-state index is 0.00941. The molecule has 8 nitrogen and oxygen atoms in total. The molecule has 24 heavy (non-hydrogen) atoms. The monoisotopic (exact) mass is 333 g/mol. The van der Waals surface area contributed by atoms with Crippen LogP contribution >= 0.6 is 0 Å². The first-order valence-corrected chi connectivity index (χ1v) is 8.29.